The summed E-state index contributed by atoms with van der Waals surface area (Å²) in [5.74, 6) is -0.0174. The average molecular weight is 471 g/mol. The second-order valence-corrected chi connectivity index (χ2v) is 9.34. The van der Waals surface area contributed by atoms with Gasteiger partial charge in [0, 0.05) is 25.8 Å². The van der Waals surface area contributed by atoms with Gasteiger partial charge in [-0.25, -0.2) is 4.98 Å². The van der Waals surface area contributed by atoms with E-state index in [0.29, 0.717) is 22.8 Å². The van der Waals surface area contributed by atoms with Gasteiger partial charge in [-0.05, 0) is 54.5 Å². The Kier molecular flexibility index (Phi) is 8.54. The fourth-order valence-corrected chi connectivity index (χ4v) is 4.30. The Bertz CT molecular complexity index is 1020. The normalized spacial score (nSPS) is 15.2. The predicted molar refractivity (Wildman–Crippen MR) is 130 cm³/mol. The highest BCUT2D eigenvalue weighted by atomic mass is 35.5. The zero-order valence-corrected chi connectivity index (χ0v) is 20.1. The number of hydrogen-bond donors (Lipinski definition) is 2. The van der Waals surface area contributed by atoms with Crippen molar-refractivity contribution >= 4 is 34.8 Å². The highest BCUT2D eigenvalue weighted by molar-refractivity contribution is 6.31. The number of carboxylic acid groups (broad SMARTS) is 1. The molecule has 7 nitrogen and oxygen atoms in total. The Labute approximate surface area is 200 Å². The van der Waals surface area contributed by atoms with Crippen LogP contribution in [0.5, 0.6) is 0 Å². The first kappa shape index (κ1) is 24.8. The van der Waals surface area contributed by atoms with E-state index in [0.717, 1.165) is 49.5 Å². The van der Waals surface area contributed by atoms with E-state index in [-0.39, 0.29) is 18.0 Å². The predicted octanol–water partition coefficient (Wildman–Crippen LogP) is 5.57. The Morgan fingerprint density at radius 1 is 1.30 bits per heavy atom. The van der Waals surface area contributed by atoms with Crippen LogP contribution in [0.1, 0.15) is 57.2 Å². The molecule has 1 fully saturated rings. The third-order valence-electron chi connectivity index (χ3n) is 5.79. The topological polar surface area (TPSA) is 98.5 Å². The van der Waals surface area contributed by atoms with E-state index in [1.807, 2.05) is 25.1 Å². The van der Waals surface area contributed by atoms with Gasteiger partial charge in [0.1, 0.15) is 11.9 Å². The van der Waals surface area contributed by atoms with Crippen LogP contribution >= 0.6 is 11.6 Å². The second-order valence-electron chi connectivity index (χ2n) is 8.93. The molecule has 2 aromatic rings. The largest absolute Gasteiger partial charge is 0.481 e. The minimum atomic E-state index is -0.831. The standard InChI is InChI=1S/C25H31ClN4O3/c1-16(2)15-30(19-8-10-33-11-9-19)23-6-4-18(17(3)12-25(31)32)13-21(23)28-24-7-5-20(26)22(14-27)29-24/h4-7,13,16-17,19H,8-12,15H2,1-3H3,(H,28,29)(H,31,32)/t17-/m1/s1. The van der Waals surface area contributed by atoms with Gasteiger partial charge in [-0.3, -0.25) is 4.79 Å². The van der Waals surface area contributed by atoms with Crippen LogP contribution < -0.4 is 10.2 Å². The van der Waals surface area contributed by atoms with Crippen LogP contribution in [0.2, 0.25) is 5.02 Å². The number of nitrogens with zero attached hydrogens (tertiary/aromatic N) is 3. The quantitative estimate of drug-likeness (QED) is 0.494. The first-order valence-electron chi connectivity index (χ1n) is 11.3. The number of carboxylic acids is 1. The number of rotatable bonds is 9. The van der Waals surface area contributed by atoms with Crippen molar-refractivity contribution in [3.63, 3.8) is 0 Å². The monoisotopic (exact) mass is 470 g/mol. The number of carbonyl (C=O) groups is 1. The molecule has 0 unspecified atom stereocenters. The van der Waals surface area contributed by atoms with E-state index in [4.69, 9.17) is 16.3 Å². The third kappa shape index (κ3) is 6.59. The summed E-state index contributed by atoms with van der Waals surface area (Å²) < 4.78 is 5.59. The first-order valence-corrected chi connectivity index (χ1v) is 11.7. The van der Waals surface area contributed by atoms with Gasteiger partial charge >= 0.3 is 5.97 Å². The van der Waals surface area contributed by atoms with Crippen LogP contribution in [0.3, 0.4) is 0 Å². The van der Waals surface area contributed by atoms with E-state index in [1.165, 1.54) is 0 Å². The number of pyridine rings is 1. The zero-order valence-electron chi connectivity index (χ0n) is 19.3. The van der Waals surface area contributed by atoms with Crippen molar-refractivity contribution in [3.8, 4) is 6.07 Å². The zero-order chi connectivity index (χ0) is 24.0. The van der Waals surface area contributed by atoms with Crippen molar-refractivity contribution in [2.45, 2.75) is 52.0 Å². The molecular weight excluding hydrogens is 440 g/mol. The van der Waals surface area contributed by atoms with E-state index < -0.39 is 5.97 Å². The molecule has 0 bridgehead atoms. The molecule has 0 saturated carbocycles. The molecule has 0 amide bonds. The highest BCUT2D eigenvalue weighted by Crippen LogP contribution is 2.36. The Balaban J connectivity index is 2.05. The molecule has 0 aliphatic carbocycles. The average Bonchev–Trinajstić information content (AvgIpc) is 2.79. The second kappa shape index (κ2) is 11.4. The minimum absolute atomic E-state index is 0.0479. The van der Waals surface area contributed by atoms with Crippen molar-refractivity contribution < 1.29 is 14.6 Å². The summed E-state index contributed by atoms with van der Waals surface area (Å²) in [5, 5.41) is 22.3. The van der Waals surface area contributed by atoms with Crippen molar-refractivity contribution in [1.29, 1.82) is 5.26 Å². The SMILES string of the molecule is CC(C)CN(c1ccc([C@H](C)CC(=O)O)cc1Nc1ccc(Cl)c(C#N)n1)C1CCOCC1. The number of anilines is 3. The Morgan fingerprint density at radius 3 is 2.67 bits per heavy atom. The lowest BCUT2D eigenvalue weighted by Crippen LogP contribution is -2.42. The van der Waals surface area contributed by atoms with Crippen LogP contribution in [0, 0.1) is 17.2 Å². The summed E-state index contributed by atoms with van der Waals surface area (Å²) >= 11 is 6.07. The van der Waals surface area contributed by atoms with Crippen molar-refractivity contribution in [1.82, 2.24) is 4.98 Å². The number of hydrogen-bond acceptors (Lipinski definition) is 6. The van der Waals surface area contributed by atoms with Gasteiger partial charge in [0.25, 0.3) is 0 Å². The number of aromatic nitrogens is 1. The van der Waals surface area contributed by atoms with E-state index in [2.05, 4.69) is 35.1 Å². The van der Waals surface area contributed by atoms with Crippen LogP contribution in [-0.4, -0.2) is 41.9 Å². The summed E-state index contributed by atoms with van der Waals surface area (Å²) in [6.07, 6.45) is 1.94. The molecule has 3 rings (SSSR count). The molecule has 1 aromatic carbocycles. The first-order chi connectivity index (χ1) is 15.8. The van der Waals surface area contributed by atoms with Crippen molar-refractivity contribution in [3.05, 3.63) is 46.6 Å². The van der Waals surface area contributed by atoms with Gasteiger partial charge in [0.05, 0.1) is 22.8 Å². The maximum absolute atomic E-state index is 11.3. The molecule has 8 heteroatoms. The number of benzene rings is 1. The van der Waals surface area contributed by atoms with Gasteiger partial charge in [0.2, 0.25) is 0 Å². The fraction of sp³-hybridized carbons (Fsp3) is 0.480. The molecule has 2 heterocycles. The summed E-state index contributed by atoms with van der Waals surface area (Å²) in [6.45, 7) is 8.65. The molecule has 1 aliphatic rings. The molecule has 1 aromatic heterocycles. The number of aliphatic carboxylic acids is 1. The summed E-state index contributed by atoms with van der Waals surface area (Å²) in [6, 6.07) is 11.8. The molecule has 2 N–H and O–H groups in total. The maximum Gasteiger partial charge on any atom is 0.303 e. The smallest absolute Gasteiger partial charge is 0.303 e. The van der Waals surface area contributed by atoms with Crippen LogP contribution in [-0.2, 0) is 9.53 Å². The third-order valence-corrected chi connectivity index (χ3v) is 6.09. The van der Waals surface area contributed by atoms with Gasteiger partial charge in [-0.1, -0.05) is 38.4 Å². The lowest BCUT2D eigenvalue weighted by Gasteiger charge is -2.38. The van der Waals surface area contributed by atoms with Crippen LogP contribution in [0.15, 0.2) is 30.3 Å². The molecule has 176 valence electrons. The van der Waals surface area contributed by atoms with Crippen molar-refractivity contribution in [2.24, 2.45) is 5.92 Å². The minimum Gasteiger partial charge on any atom is -0.481 e. The van der Waals surface area contributed by atoms with Crippen molar-refractivity contribution in [2.75, 3.05) is 30.0 Å². The van der Waals surface area contributed by atoms with Gasteiger partial charge in [0.15, 0.2) is 5.69 Å². The molecular formula is C25H31ClN4O3. The van der Waals surface area contributed by atoms with Gasteiger partial charge in [-0.15, -0.1) is 0 Å². The molecule has 0 radical (unpaired) electrons. The number of ether oxygens (including phenoxy) is 1. The lowest BCUT2D eigenvalue weighted by atomic mass is 9.95. The summed E-state index contributed by atoms with van der Waals surface area (Å²) in [5.41, 5.74) is 2.93. The molecule has 0 spiro atoms. The Hall–Kier alpha value is -2.82. The van der Waals surface area contributed by atoms with Gasteiger partial charge in [-0.2, -0.15) is 5.26 Å². The highest BCUT2D eigenvalue weighted by Gasteiger charge is 2.25. The van der Waals surface area contributed by atoms with E-state index >= 15 is 0 Å². The summed E-state index contributed by atoms with van der Waals surface area (Å²) in [7, 11) is 0. The fourth-order valence-electron chi connectivity index (χ4n) is 4.15. The number of nitriles is 1. The maximum atomic E-state index is 11.3. The van der Waals surface area contributed by atoms with Crippen LogP contribution in [0.4, 0.5) is 17.2 Å². The summed E-state index contributed by atoms with van der Waals surface area (Å²) in [4.78, 5) is 18.0. The van der Waals surface area contributed by atoms with E-state index in [9.17, 15) is 15.2 Å². The molecule has 1 saturated heterocycles. The van der Waals surface area contributed by atoms with E-state index in [1.54, 1.807) is 12.1 Å². The molecule has 1 atom stereocenters. The van der Waals surface area contributed by atoms with Crippen LogP contribution in [0.25, 0.3) is 0 Å². The number of halogens is 1. The molecule has 1 aliphatic heterocycles. The molecule has 33 heavy (non-hydrogen) atoms. The Morgan fingerprint density at radius 2 is 2.03 bits per heavy atom. The van der Waals surface area contributed by atoms with Gasteiger partial charge < -0.3 is 20.1 Å². The number of nitrogens with one attached hydrogen (secondary N) is 1. The lowest BCUT2D eigenvalue weighted by molar-refractivity contribution is -0.137.